The highest BCUT2D eigenvalue weighted by Gasteiger charge is 2.23. The third-order valence-electron chi connectivity index (χ3n) is 4.16. The van der Waals surface area contributed by atoms with Crippen LogP contribution in [0.15, 0.2) is 66.2 Å². The van der Waals surface area contributed by atoms with Crippen LogP contribution < -0.4 is 5.73 Å². The number of primary amides is 1. The van der Waals surface area contributed by atoms with Crippen LogP contribution in [0.4, 0.5) is 0 Å². The van der Waals surface area contributed by atoms with Crippen LogP contribution >= 0.6 is 11.3 Å². The van der Waals surface area contributed by atoms with Gasteiger partial charge < -0.3 is 10.5 Å². The third kappa shape index (κ3) is 4.36. The Labute approximate surface area is 157 Å². The zero-order valence-corrected chi connectivity index (χ0v) is 15.5. The summed E-state index contributed by atoms with van der Waals surface area (Å²) in [5, 5.41) is 2.94. The van der Waals surface area contributed by atoms with Crippen LogP contribution in [-0.2, 0) is 9.53 Å². The molecule has 0 radical (unpaired) electrons. The van der Waals surface area contributed by atoms with E-state index in [2.05, 4.69) is 4.98 Å². The average Bonchev–Trinajstić information content (AvgIpc) is 3.20. The number of aromatic nitrogens is 1. The maximum absolute atomic E-state index is 11.8. The van der Waals surface area contributed by atoms with Crippen molar-refractivity contribution in [3.8, 4) is 10.6 Å². The van der Waals surface area contributed by atoms with Gasteiger partial charge >= 0.3 is 0 Å². The van der Waals surface area contributed by atoms with Crippen molar-refractivity contribution in [3.05, 3.63) is 77.3 Å². The first-order valence-corrected chi connectivity index (χ1v) is 9.56. The fraction of sp³-hybridized carbons (Fsp3) is 0.238. The number of hydrogen-bond donors (Lipinski definition) is 1. The van der Waals surface area contributed by atoms with Crippen LogP contribution in [0.2, 0.25) is 0 Å². The molecule has 1 aromatic heterocycles. The van der Waals surface area contributed by atoms with Gasteiger partial charge in [0.1, 0.15) is 17.2 Å². The zero-order chi connectivity index (χ0) is 18.4. The quantitative estimate of drug-likeness (QED) is 0.635. The summed E-state index contributed by atoms with van der Waals surface area (Å²) in [6.45, 7) is 2.01. The number of ether oxygens (including phenoxy) is 1. The molecule has 0 bridgehead atoms. The molecule has 2 unspecified atom stereocenters. The van der Waals surface area contributed by atoms with Gasteiger partial charge in [0.25, 0.3) is 0 Å². The van der Waals surface area contributed by atoms with Crippen molar-refractivity contribution in [2.24, 2.45) is 5.73 Å². The topological polar surface area (TPSA) is 65.2 Å². The highest BCUT2D eigenvalue weighted by molar-refractivity contribution is 7.13. The molecule has 2 atom stereocenters. The van der Waals surface area contributed by atoms with Gasteiger partial charge in [0.05, 0.1) is 0 Å². The molecule has 4 nitrogen and oxygen atoms in total. The minimum absolute atomic E-state index is 0.342. The molecule has 26 heavy (non-hydrogen) atoms. The Morgan fingerprint density at radius 1 is 1.12 bits per heavy atom. The molecular weight excluding hydrogens is 344 g/mol. The van der Waals surface area contributed by atoms with Gasteiger partial charge in [-0.05, 0) is 17.5 Å². The Hall–Kier alpha value is -2.50. The lowest BCUT2D eigenvalue weighted by atomic mass is 9.99. The molecule has 0 saturated carbocycles. The van der Waals surface area contributed by atoms with Gasteiger partial charge in [-0.1, -0.05) is 67.9 Å². The van der Waals surface area contributed by atoms with Crippen molar-refractivity contribution < 1.29 is 9.53 Å². The molecule has 0 aliphatic rings. The number of rotatable bonds is 8. The van der Waals surface area contributed by atoms with Gasteiger partial charge in [0.2, 0.25) is 5.91 Å². The molecule has 134 valence electrons. The third-order valence-corrected chi connectivity index (χ3v) is 4.99. The number of carbonyl (C=O) groups is 1. The fourth-order valence-electron chi connectivity index (χ4n) is 2.85. The van der Waals surface area contributed by atoms with Crippen molar-refractivity contribution in [1.82, 2.24) is 4.98 Å². The molecule has 3 rings (SSSR count). The van der Waals surface area contributed by atoms with E-state index in [0.717, 1.165) is 28.1 Å². The summed E-state index contributed by atoms with van der Waals surface area (Å²) in [7, 11) is 0. The van der Waals surface area contributed by atoms with Gasteiger partial charge in [0, 0.05) is 17.1 Å². The Kier molecular flexibility index (Phi) is 6.15. The molecular formula is C21H22N2O2S. The van der Waals surface area contributed by atoms with E-state index in [1.165, 1.54) is 0 Å². The van der Waals surface area contributed by atoms with Crippen LogP contribution in [-0.4, -0.2) is 17.0 Å². The minimum atomic E-state index is -0.608. The highest BCUT2D eigenvalue weighted by Crippen LogP contribution is 2.30. The molecule has 0 fully saturated rings. The largest absolute Gasteiger partial charge is 0.367 e. The number of nitrogens with zero attached hydrogens (tertiary/aromatic N) is 1. The summed E-state index contributed by atoms with van der Waals surface area (Å²) < 4.78 is 6.17. The van der Waals surface area contributed by atoms with Crippen molar-refractivity contribution in [3.63, 3.8) is 0 Å². The zero-order valence-electron chi connectivity index (χ0n) is 14.7. The number of hydrogen-bond acceptors (Lipinski definition) is 4. The fourth-order valence-corrected chi connectivity index (χ4v) is 3.49. The molecule has 0 aliphatic carbocycles. The molecule has 0 saturated heterocycles. The Bertz CT molecular complexity index is 817. The lowest BCUT2D eigenvalue weighted by molar-refractivity contribution is -0.132. The summed E-state index contributed by atoms with van der Waals surface area (Å²) in [5.74, 6) is -0.424. The molecule has 0 spiro atoms. The number of thiazole rings is 1. The number of amides is 1. The summed E-state index contributed by atoms with van der Waals surface area (Å²) >= 11 is 1.60. The van der Waals surface area contributed by atoms with Crippen LogP contribution in [0.1, 0.15) is 37.0 Å². The van der Waals surface area contributed by atoms with E-state index < -0.39 is 12.0 Å². The number of carbonyl (C=O) groups excluding carboxylic acids is 1. The highest BCUT2D eigenvalue weighted by atomic mass is 32.1. The lowest BCUT2D eigenvalue weighted by Gasteiger charge is -2.24. The minimum Gasteiger partial charge on any atom is -0.367 e. The molecule has 1 amide bonds. The van der Waals surface area contributed by atoms with E-state index in [-0.39, 0.29) is 6.10 Å². The maximum Gasteiger partial charge on any atom is 0.246 e. The van der Waals surface area contributed by atoms with E-state index in [9.17, 15) is 4.79 Å². The first kappa shape index (κ1) is 18.3. The SMILES string of the molecule is CCCC(OC(c1ccccc1)c1ccc(-c2nccs2)cc1)C(N)=O. The lowest BCUT2D eigenvalue weighted by Crippen LogP contribution is -2.32. The van der Waals surface area contributed by atoms with E-state index in [4.69, 9.17) is 10.5 Å². The molecule has 2 N–H and O–H groups in total. The summed E-state index contributed by atoms with van der Waals surface area (Å²) in [4.78, 5) is 16.1. The van der Waals surface area contributed by atoms with Gasteiger partial charge in [-0.2, -0.15) is 0 Å². The van der Waals surface area contributed by atoms with Crippen molar-refractivity contribution >= 4 is 17.2 Å². The number of nitrogens with two attached hydrogens (primary N) is 1. The van der Waals surface area contributed by atoms with Crippen LogP contribution in [0.3, 0.4) is 0 Å². The van der Waals surface area contributed by atoms with Gasteiger partial charge in [-0.3, -0.25) is 4.79 Å². The second-order valence-electron chi connectivity index (χ2n) is 6.07. The monoisotopic (exact) mass is 366 g/mol. The Balaban J connectivity index is 1.91. The van der Waals surface area contributed by atoms with Gasteiger partial charge in [-0.25, -0.2) is 4.98 Å². The summed E-state index contributed by atoms with van der Waals surface area (Å²) in [6, 6.07) is 18.0. The van der Waals surface area contributed by atoms with E-state index in [1.54, 1.807) is 17.5 Å². The van der Waals surface area contributed by atoms with Crippen LogP contribution in [0.5, 0.6) is 0 Å². The second-order valence-corrected chi connectivity index (χ2v) is 6.96. The first-order chi connectivity index (χ1) is 12.7. The Morgan fingerprint density at radius 2 is 1.81 bits per heavy atom. The maximum atomic E-state index is 11.8. The molecule has 2 aromatic carbocycles. The van der Waals surface area contributed by atoms with E-state index in [0.29, 0.717) is 6.42 Å². The van der Waals surface area contributed by atoms with Crippen molar-refractivity contribution in [1.29, 1.82) is 0 Å². The van der Waals surface area contributed by atoms with E-state index in [1.807, 2.05) is 66.9 Å². The van der Waals surface area contributed by atoms with Crippen LogP contribution in [0.25, 0.3) is 10.6 Å². The molecule has 1 heterocycles. The average molecular weight is 366 g/mol. The first-order valence-electron chi connectivity index (χ1n) is 8.68. The smallest absolute Gasteiger partial charge is 0.246 e. The van der Waals surface area contributed by atoms with Gasteiger partial charge in [0.15, 0.2) is 0 Å². The van der Waals surface area contributed by atoms with Crippen molar-refractivity contribution in [2.45, 2.75) is 32.0 Å². The van der Waals surface area contributed by atoms with Crippen molar-refractivity contribution in [2.75, 3.05) is 0 Å². The Morgan fingerprint density at radius 3 is 2.38 bits per heavy atom. The second kappa shape index (κ2) is 8.74. The molecule has 0 aliphatic heterocycles. The molecule has 3 aromatic rings. The van der Waals surface area contributed by atoms with E-state index >= 15 is 0 Å². The van der Waals surface area contributed by atoms with Crippen LogP contribution in [0, 0.1) is 0 Å². The predicted octanol–water partition coefficient (Wildman–Crippen LogP) is 4.57. The molecule has 5 heteroatoms. The normalized spacial score (nSPS) is 13.3. The summed E-state index contributed by atoms with van der Waals surface area (Å²) in [5.41, 5.74) is 8.59. The summed E-state index contributed by atoms with van der Waals surface area (Å²) in [6.07, 6.45) is 2.29. The van der Waals surface area contributed by atoms with Gasteiger partial charge in [-0.15, -0.1) is 11.3 Å². The number of benzene rings is 2. The predicted molar refractivity (Wildman–Crippen MR) is 105 cm³/mol. The standard InChI is InChI=1S/C21H22N2O2S/c1-2-6-18(20(22)24)25-19(15-7-4-3-5-8-15)16-9-11-17(12-10-16)21-23-13-14-26-21/h3-5,7-14,18-19H,2,6H2,1H3,(H2,22,24).